The Morgan fingerprint density at radius 3 is 2.68 bits per heavy atom. The Balaban J connectivity index is 1.68. The highest BCUT2D eigenvalue weighted by Crippen LogP contribution is 2.28. The van der Waals surface area contributed by atoms with Crippen molar-refractivity contribution in [2.45, 2.75) is 33.7 Å². The summed E-state index contributed by atoms with van der Waals surface area (Å²) < 4.78 is 21.4. The molecule has 3 aromatic heterocycles. The maximum atomic E-state index is 14.4. The number of phenolic OH excluding ortho intramolecular Hbond substituents is 1. The molecule has 0 bridgehead atoms. The van der Waals surface area contributed by atoms with Crippen molar-refractivity contribution >= 4 is 11.6 Å². The molecule has 0 spiro atoms. The molecule has 0 unspecified atom stereocenters. The third-order valence-electron chi connectivity index (χ3n) is 4.98. The minimum Gasteiger partial charge on any atom is -0.508 e. The van der Waals surface area contributed by atoms with Gasteiger partial charge in [-0.15, -0.1) is 10.2 Å². The van der Waals surface area contributed by atoms with Crippen molar-refractivity contribution in [1.82, 2.24) is 29.5 Å². The molecule has 0 radical (unpaired) electrons. The number of anilines is 1. The van der Waals surface area contributed by atoms with Gasteiger partial charge in [0.2, 0.25) is 5.95 Å². The van der Waals surface area contributed by atoms with Gasteiger partial charge in [0.1, 0.15) is 17.9 Å². The molecule has 0 saturated heterocycles. The van der Waals surface area contributed by atoms with Gasteiger partial charge in [-0.3, -0.25) is 4.40 Å². The van der Waals surface area contributed by atoms with Crippen molar-refractivity contribution < 1.29 is 14.2 Å². The van der Waals surface area contributed by atoms with E-state index in [1.54, 1.807) is 16.8 Å². The molecule has 0 fully saturated rings. The second kappa shape index (κ2) is 8.50. The fourth-order valence-electron chi connectivity index (χ4n) is 3.45. The number of aromatic nitrogens is 6. The first-order valence-corrected chi connectivity index (χ1v) is 9.92. The normalized spacial score (nSPS) is 11.1. The van der Waals surface area contributed by atoms with Crippen LogP contribution in [-0.2, 0) is 13.0 Å². The number of halogens is 1. The number of fused-ring (bicyclic) bond motifs is 1. The lowest BCUT2D eigenvalue weighted by molar-refractivity contribution is 0.312. The van der Waals surface area contributed by atoms with Crippen molar-refractivity contribution in [3.8, 4) is 22.9 Å². The second-order valence-electron chi connectivity index (χ2n) is 6.84. The van der Waals surface area contributed by atoms with Crippen LogP contribution in [0.3, 0.4) is 0 Å². The molecular weight excluding hydrogens is 401 g/mol. The molecule has 9 nitrogen and oxygen atoms in total. The van der Waals surface area contributed by atoms with Crippen LogP contribution in [-0.4, -0.2) is 41.3 Å². The van der Waals surface area contributed by atoms with Crippen molar-refractivity contribution in [3.05, 3.63) is 53.5 Å². The van der Waals surface area contributed by atoms with E-state index in [1.165, 1.54) is 18.5 Å². The summed E-state index contributed by atoms with van der Waals surface area (Å²) in [6.45, 7) is 6.22. The molecule has 0 aliphatic heterocycles. The molecule has 0 aliphatic carbocycles. The van der Waals surface area contributed by atoms with E-state index < -0.39 is 0 Å². The van der Waals surface area contributed by atoms with E-state index in [0.717, 1.165) is 11.3 Å². The molecule has 0 saturated carbocycles. The van der Waals surface area contributed by atoms with Gasteiger partial charge in [-0.2, -0.15) is 4.98 Å². The van der Waals surface area contributed by atoms with Crippen LogP contribution in [0.5, 0.6) is 11.8 Å². The monoisotopic (exact) mass is 423 g/mol. The Morgan fingerprint density at radius 1 is 1.13 bits per heavy atom. The minimum absolute atomic E-state index is 0.0735. The Bertz CT molecular complexity index is 1240. The SMILES string of the molecule is CCOc1ncc(-c2cnc(NCc3c(F)ccc(O)c3CC)n3cnnc23)c(C)n1. The molecule has 160 valence electrons. The predicted octanol–water partition coefficient (Wildman–Crippen LogP) is 3.31. The standard InChI is InChI=1S/C21H22FN7O2/c1-4-13-15(17(22)6-7-18(13)30)9-23-20-24-10-16(19-28-26-11-29(19)20)14-8-25-21(31-5-2)27-12(14)3/h6-8,10-11,30H,4-5,9H2,1-3H3,(H,23,24). The zero-order valence-corrected chi connectivity index (χ0v) is 17.4. The number of aromatic hydroxyl groups is 1. The molecule has 3 heterocycles. The average Bonchev–Trinajstić information content (AvgIpc) is 3.25. The van der Waals surface area contributed by atoms with Crippen molar-refractivity contribution in [3.63, 3.8) is 0 Å². The molecule has 10 heteroatoms. The smallest absolute Gasteiger partial charge is 0.316 e. The van der Waals surface area contributed by atoms with Crippen LogP contribution in [0, 0.1) is 12.7 Å². The summed E-state index contributed by atoms with van der Waals surface area (Å²) in [4.78, 5) is 13.1. The number of hydrogen-bond donors (Lipinski definition) is 2. The van der Waals surface area contributed by atoms with Crippen LogP contribution in [0.2, 0.25) is 0 Å². The van der Waals surface area contributed by atoms with Crippen LogP contribution in [0.4, 0.5) is 10.3 Å². The molecule has 4 aromatic rings. The van der Waals surface area contributed by atoms with Gasteiger partial charge in [0.15, 0.2) is 5.65 Å². The predicted molar refractivity (Wildman–Crippen MR) is 112 cm³/mol. The van der Waals surface area contributed by atoms with Gasteiger partial charge in [-0.05, 0) is 32.4 Å². The van der Waals surface area contributed by atoms with Gasteiger partial charge in [-0.25, -0.2) is 14.4 Å². The summed E-state index contributed by atoms with van der Waals surface area (Å²) >= 11 is 0. The van der Waals surface area contributed by atoms with E-state index in [4.69, 9.17) is 4.74 Å². The van der Waals surface area contributed by atoms with Gasteiger partial charge >= 0.3 is 6.01 Å². The third-order valence-corrected chi connectivity index (χ3v) is 4.98. The van der Waals surface area contributed by atoms with Gasteiger partial charge in [0.25, 0.3) is 0 Å². The Kier molecular flexibility index (Phi) is 5.61. The summed E-state index contributed by atoms with van der Waals surface area (Å²) in [6.07, 6.45) is 5.35. The van der Waals surface area contributed by atoms with Gasteiger partial charge < -0.3 is 15.2 Å². The maximum Gasteiger partial charge on any atom is 0.316 e. The number of rotatable bonds is 7. The largest absolute Gasteiger partial charge is 0.508 e. The van der Waals surface area contributed by atoms with E-state index in [2.05, 4.69) is 30.5 Å². The number of phenols is 1. The van der Waals surface area contributed by atoms with Crippen LogP contribution in [0.25, 0.3) is 16.8 Å². The van der Waals surface area contributed by atoms with E-state index in [9.17, 15) is 9.50 Å². The Labute approximate surface area is 178 Å². The topological polar surface area (TPSA) is 110 Å². The van der Waals surface area contributed by atoms with Gasteiger partial charge in [0.05, 0.1) is 12.3 Å². The first kappa shape index (κ1) is 20.5. The minimum atomic E-state index is -0.388. The summed E-state index contributed by atoms with van der Waals surface area (Å²) in [7, 11) is 0. The highest BCUT2D eigenvalue weighted by Gasteiger charge is 2.16. The van der Waals surface area contributed by atoms with Crippen LogP contribution < -0.4 is 10.1 Å². The number of hydrogen-bond acceptors (Lipinski definition) is 8. The highest BCUT2D eigenvalue weighted by atomic mass is 19.1. The van der Waals surface area contributed by atoms with Crippen molar-refractivity contribution in [2.75, 3.05) is 11.9 Å². The van der Waals surface area contributed by atoms with E-state index in [-0.39, 0.29) is 18.1 Å². The number of ether oxygens (including phenoxy) is 1. The average molecular weight is 423 g/mol. The summed E-state index contributed by atoms with van der Waals surface area (Å²) in [5.41, 5.74) is 3.70. The summed E-state index contributed by atoms with van der Waals surface area (Å²) in [5.74, 6) is 0.128. The van der Waals surface area contributed by atoms with Crippen LogP contribution >= 0.6 is 0 Å². The molecule has 0 amide bonds. The second-order valence-corrected chi connectivity index (χ2v) is 6.84. The summed E-state index contributed by atoms with van der Waals surface area (Å²) in [6, 6.07) is 2.93. The molecular formula is C21H22FN7O2. The first-order valence-electron chi connectivity index (χ1n) is 9.92. The van der Waals surface area contributed by atoms with Crippen LogP contribution in [0.15, 0.2) is 30.9 Å². The number of nitrogens with one attached hydrogen (secondary N) is 1. The summed E-state index contributed by atoms with van der Waals surface area (Å²) in [5, 5.41) is 21.4. The lowest BCUT2D eigenvalue weighted by atomic mass is 10.0. The molecule has 0 atom stereocenters. The maximum absolute atomic E-state index is 14.4. The van der Waals surface area contributed by atoms with E-state index in [0.29, 0.717) is 47.3 Å². The molecule has 4 rings (SSSR count). The fourth-order valence-corrected chi connectivity index (χ4v) is 3.45. The zero-order chi connectivity index (χ0) is 22.0. The number of benzene rings is 1. The van der Waals surface area contributed by atoms with Crippen molar-refractivity contribution in [1.29, 1.82) is 0 Å². The molecule has 0 aliphatic rings. The fraction of sp³-hybridized carbons (Fsp3) is 0.286. The highest BCUT2D eigenvalue weighted by molar-refractivity contribution is 5.78. The molecule has 2 N–H and O–H groups in total. The van der Waals surface area contributed by atoms with Crippen molar-refractivity contribution in [2.24, 2.45) is 0 Å². The van der Waals surface area contributed by atoms with E-state index in [1.807, 2.05) is 20.8 Å². The zero-order valence-electron chi connectivity index (χ0n) is 17.4. The lowest BCUT2D eigenvalue weighted by Gasteiger charge is -2.14. The van der Waals surface area contributed by atoms with Gasteiger partial charge in [-0.1, -0.05) is 6.92 Å². The number of aryl methyl sites for hydroxylation is 1. The lowest BCUT2D eigenvalue weighted by Crippen LogP contribution is -2.10. The van der Waals surface area contributed by atoms with Crippen LogP contribution in [0.1, 0.15) is 30.7 Å². The molecule has 31 heavy (non-hydrogen) atoms. The quantitative estimate of drug-likeness (QED) is 0.466. The van der Waals surface area contributed by atoms with Gasteiger partial charge in [0, 0.05) is 41.2 Å². The number of nitrogens with zero attached hydrogens (tertiary/aromatic N) is 6. The Hall–Kier alpha value is -3.82. The Morgan fingerprint density at radius 2 is 1.94 bits per heavy atom. The molecule has 1 aromatic carbocycles. The van der Waals surface area contributed by atoms with E-state index >= 15 is 0 Å². The first-order chi connectivity index (χ1) is 15.0. The third kappa shape index (κ3) is 3.83.